The molecular formula is C19H23N3O2. The number of hydrogen-bond donors (Lipinski definition) is 1. The highest BCUT2D eigenvalue weighted by atomic mass is 16.3. The predicted molar refractivity (Wildman–Crippen MR) is 91.5 cm³/mol. The van der Waals surface area contributed by atoms with E-state index in [1.165, 1.54) is 11.9 Å². The Labute approximate surface area is 142 Å². The van der Waals surface area contributed by atoms with Crippen LogP contribution in [-0.2, 0) is 6.42 Å². The fourth-order valence-electron chi connectivity index (χ4n) is 3.26. The maximum atomic E-state index is 12.8. The van der Waals surface area contributed by atoms with E-state index in [2.05, 4.69) is 22.1 Å². The van der Waals surface area contributed by atoms with Crippen LogP contribution in [0.4, 0.5) is 0 Å². The Morgan fingerprint density at radius 3 is 2.83 bits per heavy atom. The van der Waals surface area contributed by atoms with Gasteiger partial charge >= 0.3 is 0 Å². The molecule has 2 atom stereocenters. The van der Waals surface area contributed by atoms with E-state index < -0.39 is 5.60 Å². The number of aromatic nitrogens is 2. The van der Waals surface area contributed by atoms with Crippen molar-refractivity contribution in [3.63, 3.8) is 0 Å². The lowest BCUT2D eigenvalue weighted by atomic mass is 9.78. The van der Waals surface area contributed by atoms with Gasteiger partial charge < -0.3 is 10.0 Å². The Hall–Kier alpha value is -2.27. The Morgan fingerprint density at radius 1 is 1.38 bits per heavy atom. The molecule has 1 aliphatic heterocycles. The van der Waals surface area contributed by atoms with Gasteiger partial charge in [0.1, 0.15) is 6.33 Å². The van der Waals surface area contributed by atoms with Crippen LogP contribution in [0.25, 0.3) is 0 Å². The number of piperidine rings is 1. The van der Waals surface area contributed by atoms with Crippen LogP contribution in [0.2, 0.25) is 0 Å². The van der Waals surface area contributed by atoms with Crippen molar-refractivity contribution in [2.24, 2.45) is 5.92 Å². The van der Waals surface area contributed by atoms with Crippen LogP contribution in [0.1, 0.15) is 35.0 Å². The first-order chi connectivity index (χ1) is 11.5. The van der Waals surface area contributed by atoms with Gasteiger partial charge in [0.15, 0.2) is 0 Å². The number of benzene rings is 1. The highest BCUT2D eigenvalue weighted by Crippen LogP contribution is 2.31. The van der Waals surface area contributed by atoms with Crippen molar-refractivity contribution in [2.45, 2.75) is 32.3 Å². The zero-order chi connectivity index (χ0) is 17.2. The van der Waals surface area contributed by atoms with Crippen LogP contribution < -0.4 is 0 Å². The lowest BCUT2D eigenvalue weighted by molar-refractivity contribution is -0.0507. The van der Waals surface area contributed by atoms with Gasteiger partial charge in [-0.15, -0.1) is 0 Å². The number of aryl methyl sites for hydroxylation is 1. The molecule has 3 rings (SSSR count). The Bertz CT molecular complexity index is 716. The van der Waals surface area contributed by atoms with Crippen molar-refractivity contribution in [1.82, 2.24) is 14.9 Å². The number of likely N-dealkylation sites (tertiary alicyclic amines) is 1. The Kier molecular flexibility index (Phi) is 4.62. The molecule has 1 aromatic carbocycles. The van der Waals surface area contributed by atoms with Gasteiger partial charge in [-0.1, -0.05) is 30.3 Å². The molecule has 24 heavy (non-hydrogen) atoms. The van der Waals surface area contributed by atoms with Crippen molar-refractivity contribution < 1.29 is 9.90 Å². The molecule has 0 radical (unpaired) electrons. The molecule has 2 heterocycles. The molecule has 5 nitrogen and oxygen atoms in total. The van der Waals surface area contributed by atoms with E-state index in [-0.39, 0.29) is 11.8 Å². The van der Waals surface area contributed by atoms with Gasteiger partial charge in [-0.3, -0.25) is 4.79 Å². The number of amides is 1. The van der Waals surface area contributed by atoms with Gasteiger partial charge in [0.2, 0.25) is 0 Å². The second-order valence-corrected chi connectivity index (χ2v) is 6.77. The number of aliphatic hydroxyl groups is 1. The third kappa shape index (κ3) is 3.46. The van der Waals surface area contributed by atoms with Crippen LogP contribution in [-0.4, -0.2) is 44.6 Å². The highest BCUT2D eigenvalue weighted by Gasteiger charge is 2.39. The number of rotatable bonds is 3. The molecule has 1 aliphatic rings. The van der Waals surface area contributed by atoms with Crippen molar-refractivity contribution >= 4 is 5.91 Å². The molecule has 0 aliphatic carbocycles. The number of carbonyl (C=O) groups is 1. The van der Waals surface area contributed by atoms with E-state index in [0.29, 0.717) is 30.8 Å². The Morgan fingerprint density at radius 2 is 2.12 bits per heavy atom. The zero-order valence-corrected chi connectivity index (χ0v) is 14.1. The van der Waals surface area contributed by atoms with Gasteiger partial charge in [0.05, 0.1) is 16.9 Å². The summed E-state index contributed by atoms with van der Waals surface area (Å²) in [5.41, 5.74) is 1.63. The van der Waals surface area contributed by atoms with Crippen LogP contribution in [0.5, 0.6) is 0 Å². The largest absolute Gasteiger partial charge is 0.390 e. The maximum Gasteiger partial charge on any atom is 0.257 e. The second kappa shape index (κ2) is 6.69. The molecule has 1 fully saturated rings. The summed E-state index contributed by atoms with van der Waals surface area (Å²) in [6.45, 7) is 4.77. The third-order valence-corrected chi connectivity index (χ3v) is 4.96. The average Bonchev–Trinajstić information content (AvgIpc) is 2.57. The summed E-state index contributed by atoms with van der Waals surface area (Å²) in [6.07, 6.45) is 4.35. The average molecular weight is 325 g/mol. The van der Waals surface area contributed by atoms with Gasteiger partial charge in [-0.25, -0.2) is 9.97 Å². The van der Waals surface area contributed by atoms with E-state index >= 15 is 0 Å². The molecule has 0 bridgehead atoms. The minimum absolute atomic E-state index is 0.00235. The van der Waals surface area contributed by atoms with E-state index in [4.69, 9.17) is 0 Å². The van der Waals surface area contributed by atoms with E-state index in [1.807, 2.05) is 36.9 Å². The quantitative estimate of drug-likeness (QED) is 0.940. The van der Waals surface area contributed by atoms with Crippen molar-refractivity contribution in [2.75, 3.05) is 13.1 Å². The topological polar surface area (TPSA) is 66.3 Å². The van der Waals surface area contributed by atoms with Crippen LogP contribution in [0, 0.1) is 12.8 Å². The normalized spacial score (nSPS) is 24.0. The summed E-state index contributed by atoms with van der Waals surface area (Å²) < 4.78 is 0. The fourth-order valence-corrected chi connectivity index (χ4v) is 3.26. The second-order valence-electron chi connectivity index (χ2n) is 6.77. The van der Waals surface area contributed by atoms with Gasteiger partial charge in [0.25, 0.3) is 5.91 Å². The lowest BCUT2D eigenvalue weighted by Gasteiger charge is -2.43. The van der Waals surface area contributed by atoms with E-state index in [0.717, 1.165) is 6.42 Å². The van der Waals surface area contributed by atoms with Crippen molar-refractivity contribution in [3.8, 4) is 0 Å². The van der Waals surface area contributed by atoms with E-state index in [1.54, 1.807) is 6.20 Å². The minimum atomic E-state index is -0.769. The molecule has 5 heteroatoms. The maximum absolute atomic E-state index is 12.8. The van der Waals surface area contributed by atoms with Crippen molar-refractivity contribution in [3.05, 3.63) is 59.7 Å². The highest BCUT2D eigenvalue weighted by molar-refractivity contribution is 5.95. The Balaban J connectivity index is 1.78. The summed E-state index contributed by atoms with van der Waals surface area (Å²) in [4.78, 5) is 22.7. The first kappa shape index (κ1) is 16.6. The molecule has 1 amide bonds. The molecule has 0 saturated carbocycles. The molecule has 0 spiro atoms. The minimum Gasteiger partial charge on any atom is -0.390 e. The third-order valence-electron chi connectivity index (χ3n) is 4.96. The monoisotopic (exact) mass is 325 g/mol. The van der Waals surface area contributed by atoms with Crippen LogP contribution >= 0.6 is 0 Å². The van der Waals surface area contributed by atoms with Crippen LogP contribution in [0.3, 0.4) is 0 Å². The van der Waals surface area contributed by atoms with Gasteiger partial charge in [-0.05, 0) is 32.3 Å². The molecule has 1 saturated heterocycles. The SMILES string of the molecule is Cc1ncncc1C(=O)N1CC[C@](C)(O)[C@H](Cc2ccccc2)C1. The summed E-state index contributed by atoms with van der Waals surface area (Å²) in [6, 6.07) is 10.1. The first-order valence-corrected chi connectivity index (χ1v) is 8.29. The summed E-state index contributed by atoms with van der Waals surface area (Å²) >= 11 is 0. The van der Waals surface area contributed by atoms with Gasteiger partial charge in [-0.2, -0.15) is 0 Å². The van der Waals surface area contributed by atoms with Crippen LogP contribution in [0.15, 0.2) is 42.9 Å². The molecule has 1 N–H and O–H groups in total. The molecule has 1 aromatic heterocycles. The zero-order valence-electron chi connectivity index (χ0n) is 14.1. The summed E-state index contributed by atoms with van der Waals surface area (Å²) in [5, 5.41) is 10.8. The summed E-state index contributed by atoms with van der Waals surface area (Å²) in [5.74, 6) is -0.0517. The van der Waals surface area contributed by atoms with Gasteiger partial charge in [0, 0.05) is 25.2 Å². The fraction of sp³-hybridized carbons (Fsp3) is 0.421. The predicted octanol–water partition coefficient (Wildman–Crippen LogP) is 2.24. The molecule has 0 unspecified atom stereocenters. The smallest absolute Gasteiger partial charge is 0.257 e. The first-order valence-electron chi connectivity index (χ1n) is 8.29. The van der Waals surface area contributed by atoms with E-state index in [9.17, 15) is 9.90 Å². The number of nitrogens with zero attached hydrogens (tertiary/aromatic N) is 3. The number of carbonyl (C=O) groups excluding carboxylic acids is 1. The number of hydrogen-bond acceptors (Lipinski definition) is 4. The van der Waals surface area contributed by atoms with Crippen molar-refractivity contribution in [1.29, 1.82) is 0 Å². The molecule has 126 valence electrons. The summed E-state index contributed by atoms with van der Waals surface area (Å²) in [7, 11) is 0. The molecular weight excluding hydrogens is 302 g/mol. The lowest BCUT2D eigenvalue weighted by Crippen LogP contribution is -2.52. The standard InChI is InChI=1S/C19H23N3O2/c1-14-17(11-20-13-21-14)18(23)22-9-8-19(2,24)16(12-22)10-15-6-4-3-5-7-15/h3-7,11,13,16,24H,8-10,12H2,1-2H3/t16-,19+/m1/s1. The molecule has 2 aromatic rings.